The van der Waals surface area contributed by atoms with E-state index in [4.69, 9.17) is 33.7 Å². The Labute approximate surface area is 123 Å². The van der Waals surface area contributed by atoms with Gasteiger partial charge in [0.1, 0.15) is 0 Å². The Morgan fingerprint density at radius 3 is 2.15 bits per heavy atom. The molecule has 0 bridgehead atoms. The quantitative estimate of drug-likeness (QED) is 0.889. The standard InChI is InChI=1S/C12H8Cl2F3N3/c13-9-3-8(12(15,16)17)4-10(14)11(9)20-6-7(5-19)1-2-18/h3-4,7,20H,1,6H2. The molecule has 0 aliphatic rings. The zero-order valence-electron chi connectivity index (χ0n) is 9.93. The highest BCUT2D eigenvalue weighted by Gasteiger charge is 2.32. The molecule has 106 valence electrons. The summed E-state index contributed by atoms with van der Waals surface area (Å²) >= 11 is 11.5. The summed E-state index contributed by atoms with van der Waals surface area (Å²) in [5, 5.41) is 19.6. The topological polar surface area (TPSA) is 59.6 Å². The third-order valence-electron chi connectivity index (χ3n) is 2.41. The molecule has 1 aromatic carbocycles. The second kappa shape index (κ2) is 6.69. The Morgan fingerprint density at radius 1 is 1.20 bits per heavy atom. The first-order valence-corrected chi connectivity index (χ1v) is 6.12. The summed E-state index contributed by atoms with van der Waals surface area (Å²) in [6.07, 6.45) is -4.54. The minimum Gasteiger partial charge on any atom is -0.381 e. The first-order valence-electron chi connectivity index (χ1n) is 5.36. The van der Waals surface area contributed by atoms with E-state index in [-0.39, 0.29) is 28.7 Å². The SMILES string of the molecule is N#CCC(C#N)CNc1c(Cl)cc(C(F)(F)F)cc1Cl. The number of hydrogen-bond acceptors (Lipinski definition) is 3. The molecule has 1 rings (SSSR count). The predicted octanol–water partition coefficient (Wildman–Crippen LogP) is 4.48. The zero-order valence-corrected chi connectivity index (χ0v) is 11.4. The van der Waals surface area contributed by atoms with E-state index in [2.05, 4.69) is 5.32 Å². The van der Waals surface area contributed by atoms with E-state index < -0.39 is 17.7 Å². The van der Waals surface area contributed by atoms with Gasteiger partial charge >= 0.3 is 6.18 Å². The van der Waals surface area contributed by atoms with Gasteiger partial charge < -0.3 is 5.32 Å². The molecule has 1 unspecified atom stereocenters. The highest BCUT2D eigenvalue weighted by atomic mass is 35.5. The number of nitrogens with zero attached hydrogens (tertiary/aromatic N) is 2. The van der Waals surface area contributed by atoms with Crippen LogP contribution >= 0.6 is 23.2 Å². The molecule has 0 spiro atoms. The number of alkyl halides is 3. The summed E-state index contributed by atoms with van der Waals surface area (Å²) in [7, 11) is 0. The van der Waals surface area contributed by atoms with E-state index >= 15 is 0 Å². The van der Waals surface area contributed by atoms with Crippen molar-refractivity contribution in [2.24, 2.45) is 5.92 Å². The normalized spacial score (nSPS) is 12.3. The van der Waals surface area contributed by atoms with Crippen LogP contribution in [0.1, 0.15) is 12.0 Å². The van der Waals surface area contributed by atoms with Crippen molar-refractivity contribution in [1.82, 2.24) is 0 Å². The summed E-state index contributed by atoms with van der Waals surface area (Å²) in [5.41, 5.74) is -0.841. The average molecular weight is 322 g/mol. The maximum absolute atomic E-state index is 12.5. The number of halogens is 5. The van der Waals surface area contributed by atoms with Crippen molar-refractivity contribution in [3.05, 3.63) is 27.7 Å². The molecule has 0 amide bonds. The Hall–Kier alpha value is -1.63. The number of hydrogen-bond donors (Lipinski definition) is 1. The molecule has 0 saturated heterocycles. The lowest BCUT2D eigenvalue weighted by Gasteiger charge is -2.15. The first kappa shape index (κ1) is 16.4. The van der Waals surface area contributed by atoms with Crippen molar-refractivity contribution in [2.75, 3.05) is 11.9 Å². The van der Waals surface area contributed by atoms with Crippen LogP contribution in [0.2, 0.25) is 10.0 Å². The largest absolute Gasteiger partial charge is 0.416 e. The Balaban J connectivity index is 2.93. The third-order valence-corrected chi connectivity index (χ3v) is 3.01. The number of rotatable bonds is 4. The smallest absolute Gasteiger partial charge is 0.381 e. The molecule has 1 atom stereocenters. The van der Waals surface area contributed by atoms with Crippen LogP contribution in [0.5, 0.6) is 0 Å². The highest BCUT2D eigenvalue weighted by molar-refractivity contribution is 6.39. The van der Waals surface area contributed by atoms with E-state index in [9.17, 15) is 13.2 Å². The van der Waals surface area contributed by atoms with Crippen molar-refractivity contribution in [3.8, 4) is 12.1 Å². The monoisotopic (exact) mass is 321 g/mol. The van der Waals surface area contributed by atoms with Crippen molar-refractivity contribution >= 4 is 28.9 Å². The molecule has 20 heavy (non-hydrogen) atoms. The molecule has 0 aliphatic carbocycles. The Bertz CT molecular complexity index is 550. The molecule has 0 aliphatic heterocycles. The van der Waals surface area contributed by atoms with Gasteiger partial charge in [0.2, 0.25) is 0 Å². The Morgan fingerprint density at radius 2 is 1.75 bits per heavy atom. The van der Waals surface area contributed by atoms with E-state index in [0.717, 1.165) is 12.1 Å². The lowest BCUT2D eigenvalue weighted by molar-refractivity contribution is -0.137. The summed E-state index contributed by atoms with van der Waals surface area (Å²) < 4.78 is 37.6. The van der Waals surface area contributed by atoms with Crippen LogP contribution in [0.4, 0.5) is 18.9 Å². The molecule has 0 heterocycles. The first-order chi connectivity index (χ1) is 9.29. The second-order valence-corrected chi connectivity index (χ2v) is 4.70. The molecule has 0 saturated carbocycles. The second-order valence-electron chi connectivity index (χ2n) is 3.88. The molecule has 0 radical (unpaired) electrons. The lowest BCUT2D eigenvalue weighted by Crippen LogP contribution is -2.13. The van der Waals surface area contributed by atoms with Crippen LogP contribution in [0.25, 0.3) is 0 Å². The zero-order chi connectivity index (χ0) is 15.3. The molecule has 1 N–H and O–H groups in total. The van der Waals surface area contributed by atoms with Crippen LogP contribution in [0.15, 0.2) is 12.1 Å². The summed E-state index contributed by atoms with van der Waals surface area (Å²) in [6, 6.07) is 5.24. The van der Waals surface area contributed by atoms with E-state index in [1.807, 2.05) is 12.1 Å². The average Bonchev–Trinajstić information content (AvgIpc) is 2.35. The van der Waals surface area contributed by atoms with Gasteiger partial charge in [-0.15, -0.1) is 0 Å². The van der Waals surface area contributed by atoms with Gasteiger partial charge in [0.15, 0.2) is 0 Å². The Kier molecular flexibility index (Phi) is 5.50. The van der Waals surface area contributed by atoms with Gasteiger partial charge in [0, 0.05) is 6.54 Å². The van der Waals surface area contributed by atoms with Crippen molar-refractivity contribution in [2.45, 2.75) is 12.6 Å². The van der Waals surface area contributed by atoms with Crippen molar-refractivity contribution in [1.29, 1.82) is 10.5 Å². The molecule has 0 fully saturated rings. The minimum atomic E-state index is -4.54. The molecule has 8 heteroatoms. The van der Waals surface area contributed by atoms with Crippen LogP contribution in [-0.4, -0.2) is 6.54 Å². The van der Waals surface area contributed by atoms with Crippen LogP contribution < -0.4 is 5.32 Å². The minimum absolute atomic E-state index is 0.000622. The highest BCUT2D eigenvalue weighted by Crippen LogP contribution is 2.38. The molecule has 0 aromatic heterocycles. The van der Waals surface area contributed by atoms with Gasteiger partial charge in [-0.2, -0.15) is 23.7 Å². The van der Waals surface area contributed by atoms with Gasteiger partial charge in [-0.3, -0.25) is 0 Å². The summed E-state index contributed by atoms with van der Waals surface area (Å²) in [5.74, 6) is -0.602. The summed E-state index contributed by atoms with van der Waals surface area (Å²) in [6.45, 7) is 0.0643. The lowest BCUT2D eigenvalue weighted by atomic mass is 10.1. The maximum atomic E-state index is 12.5. The fraction of sp³-hybridized carbons (Fsp3) is 0.333. The van der Waals surface area contributed by atoms with Gasteiger partial charge in [-0.25, -0.2) is 0 Å². The maximum Gasteiger partial charge on any atom is 0.416 e. The van der Waals surface area contributed by atoms with Crippen molar-refractivity contribution < 1.29 is 13.2 Å². The van der Waals surface area contributed by atoms with Gasteiger partial charge in [-0.05, 0) is 12.1 Å². The van der Waals surface area contributed by atoms with E-state index in [0.29, 0.717) is 0 Å². The number of benzene rings is 1. The van der Waals surface area contributed by atoms with Crippen LogP contribution in [0.3, 0.4) is 0 Å². The van der Waals surface area contributed by atoms with E-state index in [1.165, 1.54) is 0 Å². The fourth-order valence-electron chi connectivity index (χ4n) is 1.40. The van der Waals surface area contributed by atoms with Gasteiger partial charge in [0.05, 0.1) is 45.8 Å². The fourth-order valence-corrected chi connectivity index (χ4v) is 2.03. The molecule has 3 nitrogen and oxygen atoms in total. The van der Waals surface area contributed by atoms with Crippen LogP contribution in [0, 0.1) is 28.6 Å². The van der Waals surface area contributed by atoms with Gasteiger partial charge in [-0.1, -0.05) is 23.2 Å². The predicted molar refractivity (Wildman–Crippen MR) is 69.3 cm³/mol. The van der Waals surface area contributed by atoms with Gasteiger partial charge in [0.25, 0.3) is 0 Å². The molecular weight excluding hydrogens is 314 g/mol. The number of anilines is 1. The summed E-state index contributed by atoms with van der Waals surface area (Å²) in [4.78, 5) is 0. The number of nitrogens with one attached hydrogen (secondary N) is 1. The van der Waals surface area contributed by atoms with E-state index in [1.54, 1.807) is 0 Å². The molecule has 1 aromatic rings. The number of nitriles is 2. The van der Waals surface area contributed by atoms with Crippen LogP contribution in [-0.2, 0) is 6.18 Å². The molecular formula is C12H8Cl2F3N3. The van der Waals surface area contributed by atoms with Crippen molar-refractivity contribution in [3.63, 3.8) is 0 Å². The third kappa shape index (κ3) is 4.19.